The number of amides is 3. The van der Waals surface area contributed by atoms with Crippen molar-refractivity contribution < 1.29 is 43.3 Å². The van der Waals surface area contributed by atoms with Crippen molar-refractivity contribution in [2.75, 3.05) is 26.8 Å². The molecule has 3 amide bonds. The van der Waals surface area contributed by atoms with Gasteiger partial charge in [0.2, 0.25) is 17.6 Å². The first-order valence-corrected chi connectivity index (χ1v) is 20.2. The van der Waals surface area contributed by atoms with Gasteiger partial charge in [0.25, 0.3) is 0 Å². The molecule has 0 radical (unpaired) electrons. The number of aliphatic carboxylic acids is 1. The van der Waals surface area contributed by atoms with Gasteiger partial charge in [-0.3, -0.25) is 24.1 Å². The van der Waals surface area contributed by atoms with Crippen LogP contribution in [0.25, 0.3) is 0 Å². The van der Waals surface area contributed by atoms with Crippen LogP contribution in [0.15, 0.2) is 29.6 Å². The van der Waals surface area contributed by atoms with Crippen LogP contribution in [0.1, 0.15) is 134 Å². The second-order valence-electron chi connectivity index (χ2n) is 17.1. The Morgan fingerprint density at radius 2 is 1.71 bits per heavy atom. The summed E-state index contributed by atoms with van der Waals surface area (Å²) < 4.78 is 17.4. The SMILES string of the molecule is C[C@@H](C(=O)N[C@H](C(=O)N1CCC[C@H]1c1nc(C(=O)c2cccc(OCC(C)(C)OCCC(C)(C)C(=O)O)c2)cs1)C1CCCCC1)N(C)C(=O)OC(C)(C)C. The normalized spacial score (nSPS) is 18.0. The molecule has 1 aromatic heterocycles. The lowest BCUT2D eigenvalue weighted by atomic mass is 9.83. The summed E-state index contributed by atoms with van der Waals surface area (Å²) in [6, 6.07) is 4.92. The molecule has 0 unspecified atom stereocenters. The van der Waals surface area contributed by atoms with E-state index in [1.807, 2.05) is 13.8 Å². The van der Waals surface area contributed by atoms with Gasteiger partial charge in [-0.1, -0.05) is 31.4 Å². The summed E-state index contributed by atoms with van der Waals surface area (Å²) in [5.74, 6) is -1.29. The number of likely N-dealkylation sites (tertiary alicyclic amines) is 1. The molecule has 14 heteroatoms. The van der Waals surface area contributed by atoms with Crippen molar-refractivity contribution >= 4 is 41.0 Å². The molecule has 13 nitrogen and oxygen atoms in total. The Kier molecular flexibility index (Phi) is 14.5. The molecule has 1 aromatic carbocycles. The summed E-state index contributed by atoms with van der Waals surface area (Å²) >= 11 is 1.34. The number of thiazole rings is 1. The first-order chi connectivity index (χ1) is 25.7. The van der Waals surface area contributed by atoms with Crippen LogP contribution >= 0.6 is 11.3 Å². The molecule has 304 valence electrons. The standard InChI is InChI=1S/C41H60N4O9S/c1-26(44(9)38(51)54-39(2,3)4)34(47)43-32(27-15-11-10-12-16-27)36(48)45-21-14-19-31(45)35-42-30(24-55-35)33(46)28-17-13-18-29(23-28)52-25-41(7,8)53-22-20-40(5,6)37(49)50/h13,17-18,23-24,26-27,31-32H,10-12,14-16,19-22,25H2,1-9H3,(H,43,47)(H,49,50)/t26-,31-,32-/m0/s1. The van der Waals surface area contributed by atoms with E-state index in [9.17, 15) is 29.1 Å². The van der Waals surface area contributed by atoms with Gasteiger partial charge in [0.05, 0.1) is 17.1 Å². The van der Waals surface area contributed by atoms with Gasteiger partial charge in [-0.15, -0.1) is 11.3 Å². The zero-order valence-electron chi connectivity index (χ0n) is 33.9. The van der Waals surface area contributed by atoms with E-state index in [4.69, 9.17) is 19.2 Å². The van der Waals surface area contributed by atoms with E-state index >= 15 is 0 Å². The number of carboxylic acid groups (broad SMARTS) is 1. The number of likely N-dealkylation sites (N-methyl/N-ethyl adjacent to an activating group) is 1. The van der Waals surface area contributed by atoms with Crippen LogP contribution in [0.4, 0.5) is 4.79 Å². The number of nitrogens with zero attached hydrogens (tertiary/aromatic N) is 3. The van der Waals surface area contributed by atoms with Crippen LogP contribution in [0.2, 0.25) is 0 Å². The first kappa shape index (κ1) is 43.7. The third-order valence-electron chi connectivity index (χ3n) is 10.4. The van der Waals surface area contributed by atoms with Crippen LogP contribution in [0.5, 0.6) is 5.75 Å². The minimum atomic E-state index is -0.899. The molecule has 1 aliphatic carbocycles. The average Bonchev–Trinajstić information content (AvgIpc) is 3.82. The summed E-state index contributed by atoms with van der Waals surface area (Å²) in [6.45, 7) is 14.9. The molecule has 0 spiro atoms. The summed E-state index contributed by atoms with van der Waals surface area (Å²) in [5, 5.41) is 14.8. The number of benzene rings is 1. The highest BCUT2D eigenvalue weighted by Gasteiger charge is 2.41. The van der Waals surface area contributed by atoms with Gasteiger partial charge in [0, 0.05) is 31.1 Å². The number of hydrogen-bond donors (Lipinski definition) is 2. The molecule has 1 saturated heterocycles. The van der Waals surface area contributed by atoms with Crippen molar-refractivity contribution in [1.82, 2.24) is 20.1 Å². The molecule has 2 aromatic rings. The zero-order chi connectivity index (χ0) is 40.7. The smallest absolute Gasteiger partial charge is 0.410 e. The Morgan fingerprint density at radius 1 is 1.02 bits per heavy atom. The maximum Gasteiger partial charge on any atom is 0.410 e. The highest BCUT2D eigenvalue weighted by atomic mass is 32.1. The summed E-state index contributed by atoms with van der Waals surface area (Å²) in [6.07, 6.45) is 5.86. The number of nitrogens with one attached hydrogen (secondary N) is 1. The number of hydrogen-bond acceptors (Lipinski definition) is 10. The Morgan fingerprint density at radius 3 is 2.36 bits per heavy atom. The van der Waals surface area contributed by atoms with E-state index in [2.05, 4.69) is 5.32 Å². The number of rotatable bonds is 16. The van der Waals surface area contributed by atoms with Crippen LogP contribution in [0, 0.1) is 11.3 Å². The van der Waals surface area contributed by atoms with Gasteiger partial charge in [-0.25, -0.2) is 9.78 Å². The van der Waals surface area contributed by atoms with E-state index in [1.54, 1.807) is 76.1 Å². The predicted octanol–water partition coefficient (Wildman–Crippen LogP) is 7.03. The van der Waals surface area contributed by atoms with Crippen LogP contribution in [-0.2, 0) is 23.9 Å². The maximum atomic E-state index is 14.4. The largest absolute Gasteiger partial charge is 0.491 e. The highest BCUT2D eigenvalue weighted by molar-refractivity contribution is 7.10. The first-order valence-electron chi connectivity index (χ1n) is 19.4. The molecular formula is C41H60N4O9S. The van der Waals surface area contributed by atoms with Gasteiger partial charge in [0.1, 0.15) is 40.7 Å². The molecule has 2 N–H and O–H groups in total. The van der Waals surface area contributed by atoms with Crippen LogP contribution in [0.3, 0.4) is 0 Å². The van der Waals surface area contributed by atoms with Crippen molar-refractivity contribution in [2.45, 2.75) is 136 Å². The molecule has 2 aliphatic rings. The molecule has 1 aliphatic heterocycles. The fourth-order valence-electron chi connectivity index (χ4n) is 6.66. The van der Waals surface area contributed by atoms with Gasteiger partial charge in [-0.2, -0.15) is 0 Å². The number of ketones is 1. The van der Waals surface area contributed by atoms with Crippen LogP contribution in [-0.4, -0.2) is 99.6 Å². The minimum Gasteiger partial charge on any atom is -0.491 e. The predicted molar refractivity (Wildman–Crippen MR) is 209 cm³/mol. The van der Waals surface area contributed by atoms with Crippen molar-refractivity contribution in [2.24, 2.45) is 11.3 Å². The number of carbonyl (C=O) groups excluding carboxylic acids is 4. The number of carbonyl (C=O) groups is 5. The number of ether oxygens (including phenoxy) is 3. The quantitative estimate of drug-likeness (QED) is 0.169. The van der Waals surface area contributed by atoms with E-state index in [0.29, 0.717) is 35.7 Å². The molecule has 55 heavy (non-hydrogen) atoms. The average molecular weight is 785 g/mol. The topological polar surface area (TPSA) is 165 Å². The van der Waals surface area contributed by atoms with Crippen molar-refractivity contribution in [3.05, 3.63) is 45.9 Å². The van der Waals surface area contributed by atoms with Crippen LogP contribution < -0.4 is 10.1 Å². The maximum absolute atomic E-state index is 14.4. The molecule has 3 atom stereocenters. The van der Waals surface area contributed by atoms with Crippen molar-refractivity contribution in [3.8, 4) is 5.75 Å². The Balaban J connectivity index is 1.43. The van der Waals surface area contributed by atoms with Gasteiger partial charge in [0.15, 0.2) is 0 Å². The molecular weight excluding hydrogens is 725 g/mol. The monoisotopic (exact) mass is 784 g/mol. The number of carboxylic acids is 1. The lowest BCUT2D eigenvalue weighted by molar-refractivity contribution is -0.149. The lowest BCUT2D eigenvalue weighted by Gasteiger charge is -2.36. The second kappa shape index (κ2) is 18.3. The molecule has 0 bridgehead atoms. The van der Waals surface area contributed by atoms with Gasteiger partial charge < -0.3 is 29.5 Å². The molecule has 1 saturated carbocycles. The Hall–Kier alpha value is -4.04. The molecule has 4 rings (SSSR count). The van der Waals surface area contributed by atoms with Gasteiger partial charge in [-0.05, 0) is 106 Å². The zero-order valence-corrected chi connectivity index (χ0v) is 34.8. The Labute approximate surface area is 329 Å². The fourth-order valence-corrected chi connectivity index (χ4v) is 7.61. The van der Waals surface area contributed by atoms with E-state index < -0.39 is 46.7 Å². The van der Waals surface area contributed by atoms with Crippen molar-refractivity contribution in [1.29, 1.82) is 0 Å². The highest BCUT2D eigenvalue weighted by Crippen LogP contribution is 2.37. The third kappa shape index (κ3) is 12.0. The second-order valence-corrected chi connectivity index (χ2v) is 18.0. The summed E-state index contributed by atoms with van der Waals surface area (Å²) in [7, 11) is 1.52. The molecule has 2 fully saturated rings. The fraction of sp³-hybridized carbons (Fsp3) is 0.659. The van der Waals surface area contributed by atoms with Gasteiger partial charge >= 0.3 is 12.1 Å². The third-order valence-corrected chi connectivity index (χ3v) is 11.3. The summed E-state index contributed by atoms with van der Waals surface area (Å²) in [4.78, 5) is 73.6. The molecule has 2 heterocycles. The summed E-state index contributed by atoms with van der Waals surface area (Å²) in [5.41, 5.74) is -1.64. The Bertz CT molecular complexity index is 1680. The lowest BCUT2D eigenvalue weighted by Crippen LogP contribution is -2.56. The van der Waals surface area contributed by atoms with E-state index in [1.165, 1.54) is 23.3 Å². The van der Waals surface area contributed by atoms with E-state index in [0.717, 1.165) is 38.5 Å². The minimum absolute atomic E-state index is 0.0327. The number of aromatic nitrogens is 1. The van der Waals surface area contributed by atoms with Crippen molar-refractivity contribution in [3.63, 3.8) is 0 Å². The van der Waals surface area contributed by atoms with E-state index in [-0.39, 0.29) is 42.6 Å².